The van der Waals surface area contributed by atoms with Gasteiger partial charge in [0.05, 0.1) is 24.2 Å². The number of benzene rings is 3. The van der Waals surface area contributed by atoms with E-state index in [4.69, 9.17) is 15.6 Å². The number of nitrogens with one attached hydrogen (secondary N) is 1. The highest BCUT2D eigenvalue weighted by atomic mass is 19.1. The number of carbonyl (C=O) groups excluding carboxylic acids is 1. The van der Waals surface area contributed by atoms with Crippen molar-refractivity contribution >= 4 is 5.91 Å². The molecule has 34 heavy (non-hydrogen) atoms. The van der Waals surface area contributed by atoms with Crippen molar-refractivity contribution in [3.63, 3.8) is 0 Å². The van der Waals surface area contributed by atoms with Crippen LogP contribution >= 0.6 is 0 Å². The minimum absolute atomic E-state index is 0.116. The van der Waals surface area contributed by atoms with Gasteiger partial charge in [0.2, 0.25) is 5.91 Å². The highest BCUT2D eigenvalue weighted by molar-refractivity contribution is 5.76. The largest absolute Gasteiger partial charge is 0.497 e. The molecule has 0 saturated carbocycles. The lowest BCUT2D eigenvalue weighted by Gasteiger charge is -2.09. The van der Waals surface area contributed by atoms with Crippen LogP contribution in [-0.4, -0.2) is 22.8 Å². The van der Waals surface area contributed by atoms with Crippen LogP contribution in [0.15, 0.2) is 78.9 Å². The van der Waals surface area contributed by atoms with E-state index in [2.05, 4.69) is 5.32 Å². The minimum atomic E-state index is -0.318. The van der Waals surface area contributed by atoms with Crippen LogP contribution in [0.5, 0.6) is 5.75 Å². The van der Waals surface area contributed by atoms with E-state index in [0.29, 0.717) is 13.0 Å². The molecular weight excluding hydrogens is 431 g/mol. The van der Waals surface area contributed by atoms with Crippen LogP contribution < -0.4 is 15.8 Å². The second-order valence-corrected chi connectivity index (χ2v) is 7.94. The second-order valence-electron chi connectivity index (χ2n) is 7.94. The number of aromatic nitrogens is 2. The molecule has 0 aliphatic carbocycles. The quantitative estimate of drug-likeness (QED) is 0.390. The first-order chi connectivity index (χ1) is 16.6. The lowest BCUT2D eigenvalue weighted by Crippen LogP contribution is -2.23. The van der Waals surface area contributed by atoms with Crippen molar-refractivity contribution in [2.24, 2.45) is 5.73 Å². The zero-order chi connectivity index (χ0) is 23.9. The fourth-order valence-corrected chi connectivity index (χ4v) is 3.71. The average Bonchev–Trinajstić information content (AvgIpc) is 3.31. The van der Waals surface area contributed by atoms with E-state index in [1.807, 2.05) is 59.3 Å². The van der Waals surface area contributed by atoms with Crippen LogP contribution in [0.1, 0.15) is 23.2 Å². The van der Waals surface area contributed by atoms with Gasteiger partial charge in [-0.2, -0.15) is 5.10 Å². The topological polar surface area (TPSA) is 82.2 Å². The molecule has 0 atom stereocenters. The Hall–Kier alpha value is -3.97. The van der Waals surface area contributed by atoms with Crippen molar-refractivity contribution in [1.82, 2.24) is 15.1 Å². The smallest absolute Gasteiger partial charge is 0.220 e. The van der Waals surface area contributed by atoms with Crippen molar-refractivity contribution in [1.29, 1.82) is 0 Å². The molecule has 1 aromatic heterocycles. The highest BCUT2D eigenvalue weighted by Crippen LogP contribution is 2.26. The van der Waals surface area contributed by atoms with Gasteiger partial charge in [0.25, 0.3) is 0 Å². The number of nitrogens with two attached hydrogens (primary N) is 1. The molecule has 0 bridgehead atoms. The Balaban J connectivity index is 1.52. The Morgan fingerprint density at radius 2 is 1.79 bits per heavy atom. The number of hydrogen-bond acceptors (Lipinski definition) is 4. The zero-order valence-electron chi connectivity index (χ0n) is 19.0. The Labute approximate surface area is 198 Å². The fourth-order valence-electron chi connectivity index (χ4n) is 3.71. The number of amides is 1. The maximum atomic E-state index is 13.3. The molecule has 0 saturated heterocycles. The lowest BCUT2D eigenvalue weighted by atomic mass is 10.1. The van der Waals surface area contributed by atoms with Gasteiger partial charge in [-0.25, -0.2) is 9.07 Å². The summed E-state index contributed by atoms with van der Waals surface area (Å²) in [6.45, 7) is 0.733. The van der Waals surface area contributed by atoms with E-state index in [1.165, 1.54) is 12.1 Å². The van der Waals surface area contributed by atoms with Crippen molar-refractivity contribution in [3.8, 4) is 22.7 Å². The van der Waals surface area contributed by atoms with Crippen LogP contribution in [-0.2, 0) is 24.3 Å². The summed E-state index contributed by atoms with van der Waals surface area (Å²) >= 11 is 0. The molecule has 0 radical (unpaired) electrons. The first-order valence-corrected chi connectivity index (χ1v) is 11.1. The number of hydrogen-bond donors (Lipinski definition) is 2. The molecule has 3 N–H and O–H groups in total. The molecule has 1 amide bonds. The third-order valence-corrected chi connectivity index (χ3v) is 5.52. The number of halogens is 1. The molecule has 0 aliphatic heterocycles. The average molecular weight is 459 g/mol. The summed E-state index contributed by atoms with van der Waals surface area (Å²) < 4.78 is 20.5. The lowest BCUT2D eigenvalue weighted by molar-refractivity contribution is -0.121. The number of rotatable bonds is 9. The summed E-state index contributed by atoms with van der Waals surface area (Å²) in [6, 6.07) is 23.9. The molecule has 0 aliphatic rings. The van der Waals surface area contributed by atoms with Gasteiger partial charge in [-0.15, -0.1) is 0 Å². The van der Waals surface area contributed by atoms with Crippen molar-refractivity contribution in [2.75, 3.05) is 7.11 Å². The van der Waals surface area contributed by atoms with Crippen LogP contribution in [0.25, 0.3) is 16.9 Å². The number of aryl methyl sites for hydroxylation is 1. The van der Waals surface area contributed by atoms with Crippen LogP contribution in [0.4, 0.5) is 4.39 Å². The summed E-state index contributed by atoms with van der Waals surface area (Å²) in [6.07, 6.45) is 0.749. The van der Waals surface area contributed by atoms with E-state index >= 15 is 0 Å². The number of methoxy groups -OCH3 is 1. The predicted octanol–water partition coefficient (Wildman–Crippen LogP) is 4.39. The molecule has 4 aromatic rings. The van der Waals surface area contributed by atoms with Gasteiger partial charge in [-0.3, -0.25) is 4.79 Å². The molecule has 4 rings (SSSR count). The van der Waals surface area contributed by atoms with Gasteiger partial charge in [0.15, 0.2) is 0 Å². The van der Waals surface area contributed by atoms with Gasteiger partial charge in [-0.05, 0) is 59.7 Å². The summed E-state index contributed by atoms with van der Waals surface area (Å²) in [5.74, 6) is 0.328. The van der Waals surface area contributed by atoms with Crippen molar-refractivity contribution < 1.29 is 13.9 Å². The maximum absolute atomic E-state index is 13.3. The van der Waals surface area contributed by atoms with E-state index in [1.54, 1.807) is 19.2 Å². The third-order valence-electron chi connectivity index (χ3n) is 5.52. The molecule has 174 valence electrons. The van der Waals surface area contributed by atoms with Crippen LogP contribution in [0, 0.1) is 5.82 Å². The van der Waals surface area contributed by atoms with E-state index in [-0.39, 0.29) is 24.7 Å². The molecule has 0 unspecified atom stereocenters. The number of ether oxygens (including phenoxy) is 1. The molecule has 3 aromatic carbocycles. The summed E-state index contributed by atoms with van der Waals surface area (Å²) in [5, 5.41) is 7.63. The van der Waals surface area contributed by atoms with Crippen LogP contribution in [0.3, 0.4) is 0 Å². The van der Waals surface area contributed by atoms with Gasteiger partial charge in [-0.1, -0.05) is 30.3 Å². The van der Waals surface area contributed by atoms with Gasteiger partial charge in [0.1, 0.15) is 11.6 Å². The van der Waals surface area contributed by atoms with Gasteiger partial charge >= 0.3 is 0 Å². The molecule has 0 spiro atoms. The summed E-state index contributed by atoms with van der Waals surface area (Å²) in [5.41, 5.74) is 11.2. The van der Waals surface area contributed by atoms with Gasteiger partial charge < -0.3 is 15.8 Å². The first-order valence-electron chi connectivity index (χ1n) is 11.1. The third kappa shape index (κ3) is 5.68. The van der Waals surface area contributed by atoms with Crippen molar-refractivity contribution in [2.45, 2.75) is 25.9 Å². The first kappa shape index (κ1) is 23.2. The molecule has 7 heteroatoms. The number of carbonyl (C=O) groups is 1. The second kappa shape index (κ2) is 10.8. The van der Waals surface area contributed by atoms with Crippen molar-refractivity contribution in [3.05, 3.63) is 102 Å². The highest BCUT2D eigenvalue weighted by Gasteiger charge is 2.14. The van der Waals surface area contributed by atoms with Crippen LogP contribution in [0.2, 0.25) is 0 Å². The standard InChI is InChI=1S/C27H27FN4O2/c1-34-25-11-9-24(10-12-25)32-26(21-6-2-4-19(14-21)17-29)16-23(31-32)8-13-27(33)30-18-20-5-3-7-22(28)15-20/h2-7,9-12,14-16H,8,13,17-18,29H2,1H3,(H,30,33). The summed E-state index contributed by atoms with van der Waals surface area (Å²) in [7, 11) is 1.63. The van der Waals surface area contributed by atoms with E-state index in [9.17, 15) is 9.18 Å². The SMILES string of the molecule is COc1ccc(-n2nc(CCC(=O)NCc3cccc(F)c3)cc2-c2cccc(CN)c2)cc1. The normalized spacial score (nSPS) is 10.8. The Kier molecular flexibility index (Phi) is 7.34. The molecule has 6 nitrogen and oxygen atoms in total. The monoisotopic (exact) mass is 458 g/mol. The molecule has 1 heterocycles. The molecule has 0 fully saturated rings. The Bertz CT molecular complexity index is 1270. The predicted molar refractivity (Wildman–Crippen MR) is 130 cm³/mol. The fraction of sp³-hybridized carbons (Fsp3) is 0.185. The Morgan fingerprint density at radius 1 is 1.03 bits per heavy atom. The van der Waals surface area contributed by atoms with E-state index in [0.717, 1.165) is 39.5 Å². The van der Waals surface area contributed by atoms with E-state index < -0.39 is 0 Å². The maximum Gasteiger partial charge on any atom is 0.220 e. The number of nitrogens with zero attached hydrogens (tertiary/aromatic N) is 2. The minimum Gasteiger partial charge on any atom is -0.497 e. The van der Waals surface area contributed by atoms with Gasteiger partial charge in [0, 0.05) is 31.5 Å². The molecular formula is C27H27FN4O2. The zero-order valence-corrected chi connectivity index (χ0v) is 19.0. The Morgan fingerprint density at radius 3 is 2.53 bits per heavy atom. The summed E-state index contributed by atoms with van der Waals surface area (Å²) in [4.78, 5) is 12.4.